The van der Waals surface area contributed by atoms with Crippen LogP contribution in [0.5, 0.6) is 0 Å². The second kappa shape index (κ2) is 4.58. The Labute approximate surface area is 97.7 Å². The zero-order chi connectivity index (χ0) is 12.5. The summed E-state index contributed by atoms with van der Waals surface area (Å²) >= 11 is 0. The van der Waals surface area contributed by atoms with Gasteiger partial charge in [0.2, 0.25) is 0 Å². The lowest BCUT2D eigenvalue weighted by Gasteiger charge is -2.34. The number of hydrogen-bond donors (Lipinski definition) is 2. The molecule has 16 heavy (non-hydrogen) atoms. The molecule has 0 aromatic heterocycles. The fourth-order valence-corrected chi connectivity index (χ4v) is 2.50. The third-order valence-electron chi connectivity index (χ3n) is 3.42. The number of carbonyl (C=O) groups is 1. The van der Waals surface area contributed by atoms with Gasteiger partial charge in [0.15, 0.2) is 0 Å². The second-order valence-corrected chi connectivity index (χ2v) is 5.66. The quantitative estimate of drug-likeness (QED) is 0.725. The molecule has 1 rings (SSSR count). The summed E-state index contributed by atoms with van der Waals surface area (Å²) in [5.41, 5.74) is 8.36. The van der Waals surface area contributed by atoms with E-state index in [1.165, 1.54) is 11.1 Å². The van der Waals surface area contributed by atoms with Gasteiger partial charge in [0.25, 0.3) is 0 Å². The molecule has 0 aromatic rings. The molecule has 0 saturated heterocycles. The average Bonchev–Trinajstić information content (AvgIpc) is 2.15. The van der Waals surface area contributed by atoms with Crippen LogP contribution in [-0.2, 0) is 4.79 Å². The summed E-state index contributed by atoms with van der Waals surface area (Å²) in [6.07, 6.45) is 2.22. The third kappa shape index (κ3) is 2.85. The lowest BCUT2D eigenvalue weighted by Crippen LogP contribution is -2.38. The van der Waals surface area contributed by atoms with E-state index in [1.807, 2.05) is 13.8 Å². The van der Waals surface area contributed by atoms with Crippen LogP contribution in [0.15, 0.2) is 11.1 Å². The van der Waals surface area contributed by atoms with Gasteiger partial charge in [-0.3, -0.25) is 4.79 Å². The molecule has 0 aliphatic heterocycles. The molecule has 1 aliphatic rings. The van der Waals surface area contributed by atoms with Gasteiger partial charge in [-0.15, -0.1) is 0 Å². The summed E-state index contributed by atoms with van der Waals surface area (Å²) in [5.74, 6) is -0.504. The van der Waals surface area contributed by atoms with Crippen LogP contribution in [0.2, 0.25) is 0 Å². The molecular weight excluding hydrogens is 202 g/mol. The average molecular weight is 225 g/mol. The Morgan fingerprint density at radius 1 is 1.50 bits per heavy atom. The van der Waals surface area contributed by atoms with E-state index < -0.39 is 5.97 Å². The Balaban J connectivity index is 3.03. The molecule has 3 heteroatoms. The molecule has 3 N–H and O–H groups in total. The van der Waals surface area contributed by atoms with E-state index in [0.29, 0.717) is 12.3 Å². The molecule has 0 aromatic carbocycles. The number of carboxylic acids is 1. The SMILES string of the molecule is CC(C)C1=C(C(C)(C)N)CCC(C(=O)O)C1. The maximum atomic E-state index is 11.0. The van der Waals surface area contributed by atoms with Crippen molar-refractivity contribution >= 4 is 5.97 Å². The number of carboxylic acid groups (broad SMARTS) is 1. The lowest BCUT2D eigenvalue weighted by molar-refractivity contribution is -0.142. The van der Waals surface area contributed by atoms with Crippen LogP contribution < -0.4 is 5.73 Å². The van der Waals surface area contributed by atoms with Crippen LogP contribution in [0.4, 0.5) is 0 Å². The highest BCUT2D eigenvalue weighted by molar-refractivity contribution is 5.71. The second-order valence-electron chi connectivity index (χ2n) is 5.66. The van der Waals surface area contributed by atoms with Crippen LogP contribution in [0.25, 0.3) is 0 Å². The van der Waals surface area contributed by atoms with Crippen molar-refractivity contribution in [3.8, 4) is 0 Å². The first-order valence-electron chi connectivity index (χ1n) is 5.97. The third-order valence-corrected chi connectivity index (χ3v) is 3.42. The first kappa shape index (κ1) is 13.2. The molecule has 0 amide bonds. The summed E-state index contributed by atoms with van der Waals surface area (Å²) in [6, 6.07) is 0. The van der Waals surface area contributed by atoms with Gasteiger partial charge in [-0.25, -0.2) is 0 Å². The molecule has 0 heterocycles. The molecule has 0 fully saturated rings. The van der Waals surface area contributed by atoms with Gasteiger partial charge in [-0.1, -0.05) is 25.0 Å². The van der Waals surface area contributed by atoms with Crippen molar-refractivity contribution in [2.45, 2.75) is 52.5 Å². The summed E-state index contributed by atoms with van der Waals surface area (Å²) in [6.45, 7) is 8.24. The van der Waals surface area contributed by atoms with Gasteiger partial charge in [0.05, 0.1) is 5.92 Å². The minimum absolute atomic E-state index is 0.219. The minimum Gasteiger partial charge on any atom is -0.481 e. The summed E-state index contributed by atoms with van der Waals surface area (Å²) < 4.78 is 0. The number of aliphatic carboxylic acids is 1. The highest BCUT2D eigenvalue weighted by atomic mass is 16.4. The van der Waals surface area contributed by atoms with Crippen LogP contribution in [-0.4, -0.2) is 16.6 Å². The number of allylic oxidation sites excluding steroid dienone is 1. The molecule has 1 atom stereocenters. The smallest absolute Gasteiger partial charge is 0.306 e. The molecule has 1 aliphatic carbocycles. The monoisotopic (exact) mass is 225 g/mol. The van der Waals surface area contributed by atoms with Gasteiger partial charge in [-0.2, -0.15) is 0 Å². The van der Waals surface area contributed by atoms with Gasteiger partial charge < -0.3 is 10.8 Å². The van der Waals surface area contributed by atoms with E-state index >= 15 is 0 Å². The van der Waals surface area contributed by atoms with Crippen molar-refractivity contribution in [2.75, 3.05) is 0 Å². The molecule has 3 nitrogen and oxygen atoms in total. The van der Waals surface area contributed by atoms with Gasteiger partial charge in [-0.05, 0) is 39.0 Å². The van der Waals surface area contributed by atoms with E-state index in [9.17, 15) is 4.79 Å². The molecular formula is C13H23NO2. The van der Waals surface area contributed by atoms with Crippen molar-refractivity contribution in [3.63, 3.8) is 0 Å². The maximum absolute atomic E-state index is 11.0. The predicted molar refractivity (Wildman–Crippen MR) is 65.1 cm³/mol. The Bertz CT molecular complexity index is 310. The number of nitrogens with two attached hydrogens (primary N) is 1. The fourth-order valence-electron chi connectivity index (χ4n) is 2.50. The van der Waals surface area contributed by atoms with Gasteiger partial charge in [0, 0.05) is 5.54 Å². The summed E-state index contributed by atoms with van der Waals surface area (Å²) in [4.78, 5) is 11.0. The van der Waals surface area contributed by atoms with Crippen molar-refractivity contribution in [1.82, 2.24) is 0 Å². The van der Waals surface area contributed by atoms with Gasteiger partial charge in [0.1, 0.15) is 0 Å². The molecule has 0 radical (unpaired) electrons. The van der Waals surface area contributed by atoms with Crippen LogP contribution >= 0.6 is 0 Å². The highest BCUT2D eigenvalue weighted by Crippen LogP contribution is 2.37. The van der Waals surface area contributed by atoms with Crippen LogP contribution in [0.1, 0.15) is 47.0 Å². The van der Waals surface area contributed by atoms with Crippen molar-refractivity contribution < 1.29 is 9.90 Å². The standard InChI is InChI=1S/C13H23NO2/c1-8(2)10-7-9(12(15)16)5-6-11(10)13(3,4)14/h8-9H,5-7,14H2,1-4H3,(H,15,16). The summed E-state index contributed by atoms with van der Waals surface area (Å²) in [5, 5.41) is 9.07. The molecule has 0 saturated carbocycles. The topological polar surface area (TPSA) is 63.3 Å². The van der Waals surface area contributed by atoms with Crippen molar-refractivity contribution in [2.24, 2.45) is 17.6 Å². The Morgan fingerprint density at radius 2 is 2.06 bits per heavy atom. The van der Waals surface area contributed by atoms with E-state index in [-0.39, 0.29) is 11.5 Å². The first-order valence-corrected chi connectivity index (χ1v) is 5.97. The highest BCUT2D eigenvalue weighted by Gasteiger charge is 2.31. The zero-order valence-corrected chi connectivity index (χ0v) is 10.7. The Kier molecular flexibility index (Phi) is 3.79. The predicted octanol–water partition coefficient (Wildman–Crippen LogP) is 2.56. The van der Waals surface area contributed by atoms with E-state index in [2.05, 4.69) is 13.8 Å². The van der Waals surface area contributed by atoms with Crippen molar-refractivity contribution in [3.05, 3.63) is 11.1 Å². The normalized spacial score (nSPS) is 22.8. The number of rotatable bonds is 3. The number of hydrogen-bond acceptors (Lipinski definition) is 2. The van der Waals surface area contributed by atoms with E-state index in [1.54, 1.807) is 0 Å². The van der Waals surface area contributed by atoms with E-state index in [4.69, 9.17) is 10.8 Å². The molecule has 0 spiro atoms. The molecule has 92 valence electrons. The fraction of sp³-hybridized carbons (Fsp3) is 0.769. The van der Waals surface area contributed by atoms with Gasteiger partial charge >= 0.3 is 5.97 Å². The van der Waals surface area contributed by atoms with Crippen LogP contribution in [0.3, 0.4) is 0 Å². The Hall–Kier alpha value is -0.830. The first-order chi connectivity index (χ1) is 7.23. The summed E-state index contributed by atoms with van der Waals surface area (Å²) in [7, 11) is 0. The maximum Gasteiger partial charge on any atom is 0.306 e. The van der Waals surface area contributed by atoms with Crippen LogP contribution in [0, 0.1) is 11.8 Å². The largest absolute Gasteiger partial charge is 0.481 e. The van der Waals surface area contributed by atoms with Crippen molar-refractivity contribution in [1.29, 1.82) is 0 Å². The Morgan fingerprint density at radius 3 is 2.44 bits per heavy atom. The molecule has 0 bridgehead atoms. The lowest BCUT2D eigenvalue weighted by atomic mass is 9.74. The zero-order valence-electron chi connectivity index (χ0n) is 10.7. The minimum atomic E-state index is -0.674. The van der Waals surface area contributed by atoms with E-state index in [0.717, 1.165) is 12.8 Å². The molecule has 1 unspecified atom stereocenters.